The third-order valence-electron chi connectivity index (χ3n) is 4.83. The van der Waals surface area contributed by atoms with Crippen molar-refractivity contribution in [3.05, 3.63) is 69.7 Å². The lowest BCUT2D eigenvalue weighted by Crippen LogP contribution is -2.15. The first-order valence-electron chi connectivity index (χ1n) is 9.97. The number of pyridine rings is 1. The highest BCUT2D eigenvalue weighted by Gasteiger charge is 2.15. The van der Waals surface area contributed by atoms with Crippen molar-refractivity contribution in [2.24, 2.45) is 0 Å². The smallest absolute Gasteiger partial charge is 0.258 e. The van der Waals surface area contributed by atoms with Crippen LogP contribution in [0.2, 0.25) is 5.02 Å². The van der Waals surface area contributed by atoms with Crippen molar-refractivity contribution in [1.29, 1.82) is 0 Å². The third-order valence-corrected chi connectivity index (χ3v) is 6.05. The molecule has 4 rings (SSSR count). The molecule has 0 amide bonds. The minimum Gasteiger partial charge on any atom is -0.497 e. The molecule has 1 aromatic carbocycles. The summed E-state index contributed by atoms with van der Waals surface area (Å²) in [6.07, 6.45) is 3.66. The third kappa shape index (κ3) is 4.75. The molecule has 0 saturated carbocycles. The van der Waals surface area contributed by atoms with E-state index < -0.39 is 0 Å². The second-order valence-electron chi connectivity index (χ2n) is 6.99. The number of nitrogens with zero attached hydrogens (tertiary/aromatic N) is 5. The van der Waals surface area contributed by atoms with E-state index >= 15 is 0 Å². The Balaban J connectivity index is 1.60. The SMILES string of the molecule is CCCCn1c(SCc2cc(=O)n3cc(Cl)ccc3n2)nnc1-c1ccc(OC)cc1. The molecule has 0 aliphatic rings. The van der Waals surface area contributed by atoms with Gasteiger partial charge in [0.05, 0.1) is 17.8 Å². The van der Waals surface area contributed by atoms with Crippen LogP contribution < -0.4 is 10.3 Å². The molecule has 7 nitrogen and oxygen atoms in total. The van der Waals surface area contributed by atoms with Crippen LogP contribution in [-0.4, -0.2) is 31.3 Å². The van der Waals surface area contributed by atoms with Gasteiger partial charge in [0.1, 0.15) is 11.4 Å². The lowest BCUT2D eigenvalue weighted by molar-refractivity contribution is 0.415. The van der Waals surface area contributed by atoms with Gasteiger partial charge in [-0.3, -0.25) is 9.20 Å². The molecule has 3 aromatic heterocycles. The van der Waals surface area contributed by atoms with Gasteiger partial charge in [-0.2, -0.15) is 0 Å². The fraction of sp³-hybridized carbons (Fsp3) is 0.273. The van der Waals surface area contributed by atoms with Crippen LogP contribution >= 0.6 is 23.4 Å². The number of benzene rings is 1. The molecule has 0 fully saturated rings. The number of hydrogen-bond donors (Lipinski definition) is 0. The minimum atomic E-state index is -0.158. The molecule has 0 aliphatic carbocycles. The Morgan fingerprint density at radius 2 is 1.94 bits per heavy atom. The molecule has 0 spiro atoms. The number of thioether (sulfide) groups is 1. The van der Waals surface area contributed by atoms with Crippen LogP contribution in [0.3, 0.4) is 0 Å². The maximum atomic E-state index is 12.4. The van der Waals surface area contributed by atoms with E-state index in [0.717, 1.165) is 41.7 Å². The zero-order valence-corrected chi connectivity index (χ0v) is 18.9. The van der Waals surface area contributed by atoms with E-state index in [4.69, 9.17) is 16.3 Å². The van der Waals surface area contributed by atoms with Gasteiger partial charge in [0.15, 0.2) is 11.0 Å². The fourth-order valence-corrected chi connectivity index (χ4v) is 4.22. The highest BCUT2D eigenvalue weighted by molar-refractivity contribution is 7.98. The molecule has 160 valence electrons. The summed E-state index contributed by atoms with van der Waals surface area (Å²) in [5, 5.41) is 10.1. The van der Waals surface area contributed by atoms with Crippen molar-refractivity contribution in [2.45, 2.75) is 37.2 Å². The molecule has 0 unspecified atom stereocenters. The van der Waals surface area contributed by atoms with Crippen molar-refractivity contribution >= 4 is 29.0 Å². The van der Waals surface area contributed by atoms with E-state index in [2.05, 4.69) is 26.7 Å². The van der Waals surface area contributed by atoms with Crippen molar-refractivity contribution < 1.29 is 4.74 Å². The molecule has 9 heteroatoms. The summed E-state index contributed by atoms with van der Waals surface area (Å²) in [5.74, 6) is 2.13. The molecule has 31 heavy (non-hydrogen) atoms. The van der Waals surface area contributed by atoms with Gasteiger partial charge < -0.3 is 9.30 Å². The predicted octanol–water partition coefficient (Wildman–Crippen LogP) is 4.71. The lowest BCUT2D eigenvalue weighted by atomic mass is 10.2. The summed E-state index contributed by atoms with van der Waals surface area (Å²) >= 11 is 7.51. The zero-order valence-electron chi connectivity index (χ0n) is 17.3. The highest BCUT2D eigenvalue weighted by atomic mass is 35.5. The quantitative estimate of drug-likeness (QED) is 0.358. The molecule has 0 atom stereocenters. The molecular formula is C22H22ClN5O2S. The number of ether oxygens (including phenoxy) is 1. The van der Waals surface area contributed by atoms with Crippen molar-refractivity contribution in [1.82, 2.24) is 24.1 Å². The van der Waals surface area contributed by atoms with Crippen LogP contribution in [0, 0.1) is 0 Å². The molecular weight excluding hydrogens is 434 g/mol. The number of fused-ring (bicyclic) bond motifs is 1. The first kappa shape index (κ1) is 21.4. The first-order chi connectivity index (χ1) is 15.1. The standard InChI is InChI=1S/C22H22ClN5O2S/c1-3-4-11-27-21(15-5-8-18(30-2)9-6-15)25-26-22(27)31-14-17-12-20(29)28-13-16(23)7-10-19(28)24-17/h5-10,12-13H,3-4,11,14H2,1-2H3. The Morgan fingerprint density at radius 3 is 2.68 bits per heavy atom. The average Bonchev–Trinajstić information content (AvgIpc) is 3.19. The van der Waals surface area contributed by atoms with E-state index in [0.29, 0.717) is 22.1 Å². The highest BCUT2D eigenvalue weighted by Crippen LogP contribution is 2.27. The normalized spacial score (nSPS) is 11.2. The largest absolute Gasteiger partial charge is 0.497 e. The molecule has 0 N–H and O–H groups in total. The number of hydrogen-bond acceptors (Lipinski definition) is 6. The second kappa shape index (κ2) is 9.53. The van der Waals surface area contributed by atoms with Crippen LogP contribution in [0.5, 0.6) is 5.75 Å². The van der Waals surface area contributed by atoms with Gasteiger partial charge in [0, 0.05) is 30.1 Å². The summed E-state index contributed by atoms with van der Waals surface area (Å²) < 4.78 is 8.83. The summed E-state index contributed by atoms with van der Waals surface area (Å²) in [6, 6.07) is 12.8. The number of halogens is 1. The van der Waals surface area contributed by atoms with Gasteiger partial charge in [-0.1, -0.05) is 36.7 Å². The van der Waals surface area contributed by atoms with Crippen LogP contribution in [0.15, 0.2) is 58.6 Å². The molecule has 0 aliphatic heterocycles. The average molecular weight is 456 g/mol. The molecule has 3 heterocycles. The van der Waals surface area contributed by atoms with Crippen molar-refractivity contribution in [3.63, 3.8) is 0 Å². The van der Waals surface area contributed by atoms with Gasteiger partial charge in [-0.25, -0.2) is 4.98 Å². The Bertz CT molecular complexity index is 1250. The van der Waals surface area contributed by atoms with Gasteiger partial charge in [-0.15, -0.1) is 10.2 Å². The monoisotopic (exact) mass is 455 g/mol. The second-order valence-corrected chi connectivity index (χ2v) is 8.37. The van der Waals surface area contributed by atoms with Gasteiger partial charge in [0.25, 0.3) is 5.56 Å². The van der Waals surface area contributed by atoms with Crippen LogP contribution in [0.4, 0.5) is 0 Å². The van der Waals surface area contributed by atoms with E-state index in [9.17, 15) is 4.79 Å². The van der Waals surface area contributed by atoms with Crippen LogP contribution in [-0.2, 0) is 12.3 Å². The van der Waals surface area contributed by atoms with Crippen LogP contribution in [0.25, 0.3) is 17.0 Å². The Labute approximate surface area is 189 Å². The number of unbranched alkanes of at least 4 members (excludes halogenated alkanes) is 1. The van der Waals surface area contributed by atoms with Crippen LogP contribution in [0.1, 0.15) is 25.5 Å². The van der Waals surface area contributed by atoms with E-state index in [1.165, 1.54) is 22.2 Å². The summed E-state index contributed by atoms with van der Waals surface area (Å²) in [6.45, 7) is 2.97. The minimum absolute atomic E-state index is 0.158. The zero-order chi connectivity index (χ0) is 21.8. The lowest BCUT2D eigenvalue weighted by Gasteiger charge is -2.10. The van der Waals surface area contributed by atoms with Crippen molar-refractivity contribution in [3.8, 4) is 17.1 Å². The van der Waals surface area contributed by atoms with Crippen molar-refractivity contribution in [2.75, 3.05) is 7.11 Å². The molecule has 0 saturated heterocycles. The van der Waals surface area contributed by atoms with E-state index in [1.807, 2.05) is 24.3 Å². The number of methoxy groups -OCH3 is 1. The molecule has 0 radical (unpaired) electrons. The van der Waals surface area contributed by atoms with Gasteiger partial charge in [0.2, 0.25) is 0 Å². The number of aromatic nitrogens is 5. The van der Waals surface area contributed by atoms with E-state index in [-0.39, 0.29) is 5.56 Å². The Hall–Kier alpha value is -2.84. The fourth-order valence-electron chi connectivity index (χ4n) is 3.21. The Morgan fingerprint density at radius 1 is 1.13 bits per heavy atom. The predicted molar refractivity (Wildman–Crippen MR) is 123 cm³/mol. The molecule has 4 aromatic rings. The maximum Gasteiger partial charge on any atom is 0.258 e. The summed E-state index contributed by atoms with van der Waals surface area (Å²) in [4.78, 5) is 17.0. The van der Waals surface area contributed by atoms with Gasteiger partial charge >= 0.3 is 0 Å². The summed E-state index contributed by atoms with van der Waals surface area (Å²) in [7, 11) is 1.65. The number of rotatable bonds is 8. The first-order valence-corrected chi connectivity index (χ1v) is 11.3. The van der Waals surface area contributed by atoms with E-state index in [1.54, 1.807) is 25.4 Å². The Kier molecular flexibility index (Phi) is 6.58. The topological polar surface area (TPSA) is 74.3 Å². The molecule has 0 bridgehead atoms. The van der Waals surface area contributed by atoms with Gasteiger partial charge in [-0.05, 0) is 42.8 Å². The summed E-state index contributed by atoms with van der Waals surface area (Å²) in [5.41, 5.74) is 2.08. The maximum absolute atomic E-state index is 12.4.